The Hall–Kier alpha value is -2.27. The van der Waals surface area contributed by atoms with Crippen LogP contribution in [0.15, 0.2) is 54.6 Å². The summed E-state index contributed by atoms with van der Waals surface area (Å²) in [4.78, 5) is 25.4. The number of ether oxygens (including phenoxy) is 5. The van der Waals surface area contributed by atoms with Gasteiger partial charge >= 0.3 is 5.97 Å². The number of aliphatic hydroxyl groups is 1. The SMILES string of the molecule is COc1ccc(O[C@@H]2O[C@H](COCc3ccccc3)[C@H](OC(=O)C(C)(C)C)[C@H](O)[C@H]2NC(=O)C(Cl)(Cl)Cl)cc1. The van der Waals surface area contributed by atoms with Gasteiger partial charge in [-0.15, -0.1) is 0 Å². The Kier molecular flexibility index (Phi) is 10.7. The lowest BCUT2D eigenvalue weighted by Gasteiger charge is -2.44. The van der Waals surface area contributed by atoms with Gasteiger partial charge in [-0.2, -0.15) is 0 Å². The largest absolute Gasteiger partial charge is 0.497 e. The van der Waals surface area contributed by atoms with E-state index in [1.54, 1.807) is 45.0 Å². The van der Waals surface area contributed by atoms with E-state index in [1.165, 1.54) is 7.11 Å². The predicted molar refractivity (Wildman–Crippen MR) is 146 cm³/mol. The highest BCUT2D eigenvalue weighted by molar-refractivity contribution is 6.76. The lowest BCUT2D eigenvalue weighted by atomic mass is 9.94. The van der Waals surface area contributed by atoms with E-state index in [-0.39, 0.29) is 13.2 Å². The van der Waals surface area contributed by atoms with Gasteiger partial charge in [0.25, 0.3) is 9.70 Å². The van der Waals surface area contributed by atoms with Crippen LogP contribution in [0.1, 0.15) is 26.3 Å². The number of benzene rings is 2. The zero-order valence-corrected chi connectivity index (χ0v) is 24.2. The van der Waals surface area contributed by atoms with Gasteiger partial charge in [-0.1, -0.05) is 65.1 Å². The van der Waals surface area contributed by atoms with Gasteiger partial charge in [-0.3, -0.25) is 9.59 Å². The van der Waals surface area contributed by atoms with E-state index in [0.717, 1.165) is 5.56 Å². The molecule has 1 saturated heterocycles. The molecule has 2 aromatic carbocycles. The van der Waals surface area contributed by atoms with E-state index < -0.39 is 51.7 Å². The average Bonchev–Trinajstić information content (AvgIpc) is 2.88. The number of carbonyl (C=O) groups excluding carboxylic acids is 2. The fourth-order valence-electron chi connectivity index (χ4n) is 3.64. The average molecular weight is 605 g/mol. The van der Waals surface area contributed by atoms with Gasteiger partial charge in [0, 0.05) is 0 Å². The van der Waals surface area contributed by atoms with E-state index >= 15 is 0 Å². The summed E-state index contributed by atoms with van der Waals surface area (Å²) in [6.07, 6.45) is -5.02. The van der Waals surface area contributed by atoms with Crippen molar-refractivity contribution < 1.29 is 38.4 Å². The third-order valence-electron chi connectivity index (χ3n) is 5.79. The van der Waals surface area contributed by atoms with Gasteiger partial charge in [-0.05, 0) is 50.6 Å². The number of hydrogen-bond acceptors (Lipinski definition) is 8. The molecule has 2 aromatic rings. The Morgan fingerprint density at radius 2 is 1.62 bits per heavy atom. The highest BCUT2D eigenvalue weighted by Gasteiger charge is 2.51. The first-order valence-electron chi connectivity index (χ1n) is 12.1. The normalized spacial score (nSPS) is 23.5. The molecule has 9 nitrogen and oxygen atoms in total. The van der Waals surface area contributed by atoms with Crippen LogP contribution in [0.5, 0.6) is 11.5 Å². The minimum Gasteiger partial charge on any atom is -0.497 e. The van der Waals surface area contributed by atoms with Crippen LogP contribution in [-0.2, 0) is 30.4 Å². The first-order valence-corrected chi connectivity index (χ1v) is 13.3. The molecular formula is C27H32Cl3NO8. The van der Waals surface area contributed by atoms with Crippen molar-refractivity contribution in [1.82, 2.24) is 5.32 Å². The van der Waals surface area contributed by atoms with Crippen molar-refractivity contribution >= 4 is 46.7 Å². The van der Waals surface area contributed by atoms with E-state index in [1.807, 2.05) is 30.3 Å². The van der Waals surface area contributed by atoms with Crippen molar-refractivity contribution in [2.75, 3.05) is 13.7 Å². The molecule has 0 saturated carbocycles. The Bertz CT molecular complexity index is 1090. The number of alkyl halides is 3. The minimum atomic E-state index is -2.34. The van der Waals surface area contributed by atoms with E-state index in [0.29, 0.717) is 11.5 Å². The van der Waals surface area contributed by atoms with E-state index in [4.69, 9.17) is 58.5 Å². The van der Waals surface area contributed by atoms with Crippen molar-refractivity contribution in [2.45, 2.75) is 61.8 Å². The smallest absolute Gasteiger partial charge is 0.311 e. The van der Waals surface area contributed by atoms with Crippen LogP contribution in [0.25, 0.3) is 0 Å². The number of rotatable bonds is 9. The highest BCUT2D eigenvalue weighted by Crippen LogP contribution is 2.32. The second kappa shape index (κ2) is 13.4. The number of amides is 1. The monoisotopic (exact) mass is 603 g/mol. The highest BCUT2D eigenvalue weighted by atomic mass is 35.6. The van der Waals surface area contributed by atoms with Crippen LogP contribution in [-0.4, -0.2) is 65.1 Å². The molecule has 0 radical (unpaired) electrons. The molecule has 1 fully saturated rings. The third kappa shape index (κ3) is 8.86. The number of esters is 1. The van der Waals surface area contributed by atoms with E-state index in [2.05, 4.69) is 5.32 Å². The number of methoxy groups -OCH3 is 1. The molecule has 1 amide bonds. The summed E-state index contributed by atoms with van der Waals surface area (Å²) < 4.78 is 26.5. The predicted octanol–water partition coefficient (Wildman–Crippen LogP) is 4.19. The maximum Gasteiger partial charge on any atom is 0.311 e. The summed E-state index contributed by atoms with van der Waals surface area (Å²) in [6.45, 7) is 5.19. The second-order valence-corrected chi connectivity index (χ2v) is 12.2. The molecule has 2 N–H and O–H groups in total. The quantitative estimate of drug-likeness (QED) is 0.324. The maximum absolute atomic E-state index is 12.8. The molecule has 0 spiro atoms. The molecular weight excluding hydrogens is 573 g/mol. The molecule has 0 aromatic heterocycles. The van der Waals surface area contributed by atoms with Gasteiger partial charge in [0.2, 0.25) is 6.29 Å². The molecule has 1 aliphatic heterocycles. The number of nitrogens with one attached hydrogen (secondary N) is 1. The molecule has 5 atom stereocenters. The Morgan fingerprint density at radius 1 is 1.00 bits per heavy atom. The van der Waals surface area contributed by atoms with E-state index in [9.17, 15) is 14.7 Å². The lowest BCUT2D eigenvalue weighted by molar-refractivity contribution is -0.257. The summed E-state index contributed by atoms with van der Waals surface area (Å²) in [7, 11) is 1.53. The Morgan fingerprint density at radius 3 is 2.18 bits per heavy atom. The topological polar surface area (TPSA) is 113 Å². The first kappa shape index (κ1) is 31.3. The molecule has 0 aliphatic carbocycles. The summed E-state index contributed by atoms with van der Waals surface area (Å²) in [5, 5.41) is 13.9. The molecule has 1 aliphatic rings. The van der Waals surface area contributed by atoms with Crippen molar-refractivity contribution in [1.29, 1.82) is 0 Å². The number of carbonyl (C=O) groups is 2. The van der Waals surface area contributed by atoms with Crippen molar-refractivity contribution in [3.8, 4) is 11.5 Å². The standard InChI is InChI=1S/C27H32Cl3NO8/c1-26(2,3)25(34)39-22-19(15-36-14-16-8-6-5-7-9-16)38-23(37-18-12-10-17(35-4)11-13-18)20(21(22)32)31-24(33)27(28,29)30/h5-13,19-23,32H,14-15H2,1-4H3,(H,31,33)/t19-,20-,21-,22+,23-/m1/s1. The van der Waals surface area contributed by atoms with Gasteiger partial charge in [0.1, 0.15) is 29.7 Å². The summed E-state index contributed by atoms with van der Waals surface area (Å²) in [5.41, 5.74) is 0.0259. The van der Waals surface area contributed by atoms with Gasteiger partial charge < -0.3 is 34.1 Å². The summed E-state index contributed by atoms with van der Waals surface area (Å²) in [6, 6.07) is 14.7. The fraction of sp³-hybridized carbons (Fsp3) is 0.481. The van der Waals surface area contributed by atoms with Gasteiger partial charge in [0.15, 0.2) is 6.10 Å². The number of aliphatic hydroxyl groups excluding tert-OH is 1. The van der Waals surface area contributed by atoms with Crippen molar-refractivity contribution in [3.63, 3.8) is 0 Å². The molecule has 1 heterocycles. The summed E-state index contributed by atoms with van der Waals surface area (Å²) >= 11 is 17.3. The van der Waals surface area contributed by atoms with Crippen LogP contribution in [0.2, 0.25) is 0 Å². The minimum absolute atomic E-state index is 0.0678. The fourth-order valence-corrected chi connectivity index (χ4v) is 3.81. The second-order valence-electron chi connectivity index (χ2n) is 9.94. The van der Waals surface area contributed by atoms with Gasteiger partial charge in [0.05, 0.1) is 25.7 Å². The summed E-state index contributed by atoms with van der Waals surface area (Å²) in [5.74, 6) is -0.683. The van der Waals surface area contributed by atoms with Crippen molar-refractivity contribution in [2.24, 2.45) is 5.41 Å². The number of halogens is 3. The van der Waals surface area contributed by atoms with Crippen LogP contribution < -0.4 is 14.8 Å². The zero-order valence-electron chi connectivity index (χ0n) is 21.9. The van der Waals surface area contributed by atoms with Crippen LogP contribution in [0.4, 0.5) is 0 Å². The Labute approximate surface area is 242 Å². The molecule has 12 heteroatoms. The van der Waals surface area contributed by atoms with Gasteiger partial charge in [-0.25, -0.2) is 0 Å². The Balaban J connectivity index is 1.89. The lowest BCUT2D eigenvalue weighted by Crippen LogP contribution is -2.67. The van der Waals surface area contributed by atoms with Crippen LogP contribution >= 0.6 is 34.8 Å². The van der Waals surface area contributed by atoms with Crippen LogP contribution in [0, 0.1) is 5.41 Å². The molecule has 214 valence electrons. The number of hydrogen-bond donors (Lipinski definition) is 2. The molecule has 0 bridgehead atoms. The zero-order chi connectivity index (χ0) is 28.8. The van der Waals surface area contributed by atoms with Crippen molar-refractivity contribution in [3.05, 3.63) is 60.2 Å². The maximum atomic E-state index is 12.8. The molecule has 0 unspecified atom stereocenters. The van der Waals surface area contributed by atoms with Crippen LogP contribution in [0.3, 0.4) is 0 Å². The third-order valence-corrected chi connectivity index (χ3v) is 6.30. The molecule has 39 heavy (non-hydrogen) atoms. The first-order chi connectivity index (χ1) is 18.3. The molecule has 3 rings (SSSR count).